The van der Waals surface area contributed by atoms with Gasteiger partial charge in [0, 0.05) is 49.4 Å². The summed E-state index contributed by atoms with van der Waals surface area (Å²) >= 11 is 0. The van der Waals surface area contributed by atoms with E-state index in [4.69, 9.17) is 9.47 Å². The van der Waals surface area contributed by atoms with Crippen molar-refractivity contribution in [1.82, 2.24) is 4.90 Å². The van der Waals surface area contributed by atoms with E-state index in [1.807, 2.05) is 48.5 Å². The molecule has 1 aliphatic heterocycles. The average molecular weight is 567 g/mol. The maximum Gasteiger partial charge on any atom is 0.189 e. The Morgan fingerprint density at radius 1 is 0.738 bits per heavy atom. The number of benzene rings is 4. The summed E-state index contributed by atoms with van der Waals surface area (Å²) in [4.78, 5) is 17.8. The third-order valence-corrected chi connectivity index (χ3v) is 8.18. The summed E-state index contributed by atoms with van der Waals surface area (Å²) in [6.45, 7) is 3.23. The Labute approximate surface area is 244 Å². The molecule has 1 aliphatic carbocycles. The number of hydrogen-bond acceptors (Lipinski definition) is 5. The highest BCUT2D eigenvalue weighted by atomic mass is 19.1. The van der Waals surface area contributed by atoms with Crippen molar-refractivity contribution >= 4 is 17.5 Å². The van der Waals surface area contributed by atoms with Crippen LogP contribution in [0.5, 0.6) is 11.5 Å². The predicted octanol–water partition coefficient (Wildman–Crippen LogP) is 6.72. The molecule has 6 rings (SSSR count). The van der Waals surface area contributed by atoms with Gasteiger partial charge in [0.1, 0.15) is 11.6 Å². The molecule has 0 aromatic heterocycles. The number of fused-ring (bicyclic) bond motifs is 1. The van der Waals surface area contributed by atoms with Gasteiger partial charge in [0.2, 0.25) is 0 Å². The van der Waals surface area contributed by atoms with Crippen molar-refractivity contribution in [2.75, 3.05) is 45.3 Å². The van der Waals surface area contributed by atoms with Gasteiger partial charge in [-0.25, -0.2) is 8.78 Å². The topological polar surface area (TPSA) is 42.0 Å². The molecule has 42 heavy (non-hydrogen) atoms. The first-order valence-electron chi connectivity index (χ1n) is 14.0. The van der Waals surface area contributed by atoms with Crippen molar-refractivity contribution in [3.8, 4) is 11.5 Å². The number of ketones is 1. The van der Waals surface area contributed by atoms with E-state index in [1.54, 1.807) is 20.3 Å². The van der Waals surface area contributed by atoms with Gasteiger partial charge in [-0.15, -0.1) is 0 Å². The van der Waals surface area contributed by atoms with Gasteiger partial charge in [-0.05, 0) is 76.9 Å². The van der Waals surface area contributed by atoms with Crippen LogP contribution in [0, 0.1) is 11.6 Å². The van der Waals surface area contributed by atoms with Gasteiger partial charge in [-0.2, -0.15) is 0 Å². The monoisotopic (exact) mass is 566 g/mol. The molecule has 0 amide bonds. The van der Waals surface area contributed by atoms with E-state index in [9.17, 15) is 13.6 Å². The first kappa shape index (κ1) is 27.7. The SMILES string of the molecule is COc1cc2c(cc1OC)C(=O)/C(=C/c1ccc(N3CCN(C(c4ccc(F)cc4)c4ccc(F)cc4)CC3)cc1)C2. The second-order valence-electron chi connectivity index (χ2n) is 10.7. The molecule has 1 saturated heterocycles. The lowest BCUT2D eigenvalue weighted by Gasteiger charge is -2.40. The highest BCUT2D eigenvalue weighted by Crippen LogP contribution is 2.37. The van der Waals surface area contributed by atoms with E-state index in [1.165, 1.54) is 24.3 Å². The lowest BCUT2D eigenvalue weighted by atomic mass is 9.96. The van der Waals surface area contributed by atoms with Crippen LogP contribution < -0.4 is 14.4 Å². The van der Waals surface area contributed by atoms with Crippen LogP contribution in [0.25, 0.3) is 6.08 Å². The summed E-state index contributed by atoms with van der Waals surface area (Å²) < 4.78 is 38.1. The molecule has 2 aliphatic rings. The molecular formula is C35H32F2N2O3. The largest absolute Gasteiger partial charge is 0.493 e. The van der Waals surface area contributed by atoms with Crippen LogP contribution in [0.15, 0.2) is 90.5 Å². The molecule has 0 N–H and O–H groups in total. The number of hydrogen-bond donors (Lipinski definition) is 0. The van der Waals surface area contributed by atoms with Gasteiger partial charge in [-0.3, -0.25) is 9.69 Å². The Balaban J connectivity index is 1.14. The average Bonchev–Trinajstić information content (AvgIpc) is 3.32. The van der Waals surface area contributed by atoms with Crippen molar-refractivity contribution < 1.29 is 23.0 Å². The molecule has 0 unspecified atom stereocenters. The third kappa shape index (κ3) is 5.52. The van der Waals surface area contributed by atoms with Crippen molar-refractivity contribution in [2.45, 2.75) is 12.5 Å². The zero-order chi connectivity index (χ0) is 29.2. The fourth-order valence-electron chi connectivity index (χ4n) is 5.98. The molecule has 214 valence electrons. The van der Waals surface area contributed by atoms with E-state index in [0.29, 0.717) is 23.5 Å². The zero-order valence-electron chi connectivity index (χ0n) is 23.6. The number of allylic oxidation sites excluding steroid dienone is 1. The number of rotatable bonds is 7. The number of carbonyl (C=O) groups is 1. The number of carbonyl (C=O) groups excluding carboxylic acids is 1. The molecule has 0 spiro atoms. The Morgan fingerprint density at radius 3 is 1.83 bits per heavy atom. The second kappa shape index (κ2) is 11.8. The van der Waals surface area contributed by atoms with Gasteiger partial charge in [-0.1, -0.05) is 36.4 Å². The normalized spacial score (nSPS) is 16.3. The lowest BCUT2D eigenvalue weighted by molar-refractivity contribution is 0.104. The molecule has 4 aromatic carbocycles. The lowest BCUT2D eigenvalue weighted by Crippen LogP contribution is -2.48. The number of Topliss-reactive ketones (excluding diaryl/α,β-unsaturated/α-hetero) is 1. The van der Waals surface area contributed by atoms with Gasteiger partial charge in [0.15, 0.2) is 17.3 Å². The van der Waals surface area contributed by atoms with E-state index in [2.05, 4.69) is 21.9 Å². The summed E-state index contributed by atoms with van der Waals surface area (Å²) in [7, 11) is 3.16. The standard InChI is InChI=1S/C35H32F2N2O3/c1-41-32-21-26-20-27(35(40)31(26)22-33(32)42-2)19-23-3-13-30(14-4-23)38-15-17-39(18-16-38)34(24-5-9-28(36)10-6-24)25-7-11-29(37)12-8-25/h3-14,19,21-22,34H,15-18,20H2,1-2H3/b27-19+. The van der Waals surface area contributed by atoms with Crippen molar-refractivity contribution in [2.24, 2.45) is 0 Å². The van der Waals surface area contributed by atoms with Crippen LogP contribution >= 0.6 is 0 Å². The molecule has 0 atom stereocenters. The van der Waals surface area contributed by atoms with Crippen molar-refractivity contribution in [1.29, 1.82) is 0 Å². The van der Waals surface area contributed by atoms with Crippen molar-refractivity contribution in [3.63, 3.8) is 0 Å². The summed E-state index contributed by atoms with van der Waals surface area (Å²) in [5, 5.41) is 0. The molecule has 1 heterocycles. The molecule has 4 aromatic rings. The third-order valence-electron chi connectivity index (χ3n) is 8.18. The smallest absolute Gasteiger partial charge is 0.189 e. The Bertz CT molecular complexity index is 1560. The number of anilines is 1. The Morgan fingerprint density at radius 2 is 1.29 bits per heavy atom. The first-order chi connectivity index (χ1) is 20.4. The maximum atomic E-state index is 13.7. The molecule has 0 bridgehead atoms. The molecular weight excluding hydrogens is 534 g/mol. The number of methoxy groups -OCH3 is 2. The molecule has 1 fully saturated rings. The molecule has 7 heteroatoms. The van der Waals surface area contributed by atoms with E-state index >= 15 is 0 Å². The van der Waals surface area contributed by atoms with Gasteiger partial charge < -0.3 is 14.4 Å². The fraction of sp³-hybridized carbons (Fsp3) is 0.229. The van der Waals surface area contributed by atoms with Crippen LogP contribution in [0.3, 0.4) is 0 Å². The number of piperazine rings is 1. The van der Waals surface area contributed by atoms with Crippen LogP contribution in [0.1, 0.15) is 38.7 Å². The second-order valence-corrected chi connectivity index (χ2v) is 10.7. The quantitative estimate of drug-likeness (QED) is 0.233. The van der Waals surface area contributed by atoms with E-state index < -0.39 is 0 Å². The molecule has 0 radical (unpaired) electrons. The summed E-state index contributed by atoms with van der Waals surface area (Å²) in [5.74, 6) is 0.641. The zero-order valence-corrected chi connectivity index (χ0v) is 23.6. The highest BCUT2D eigenvalue weighted by Gasteiger charge is 2.28. The van der Waals surface area contributed by atoms with Crippen LogP contribution in [0.4, 0.5) is 14.5 Å². The van der Waals surface area contributed by atoms with Gasteiger partial charge >= 0.3 is 0 Å². The fourth-order valence-corrected chi connectivity index (χ4v) is 5.98. The van der Waals surface area contributed by atoms with Gasteiger partial charge in [0.05, 0.1) is 20.3 Å². The van der Waals surface area contributed by atoms with Gasteiger partial charge in [0.25, 0.3) is 0 Å². The maximum absolute atomic E-state index is 13.7. The Hall–Kier alpha value is -4.49. The van der Waals surface area contributed by atoms with Crippen LogP contribution in [-0.2, 0) is 6.42 Å². The van der Waals surface area contributed by atoms with E-state index in [0.717, 1.165) is 59.7 Å². The minimum atomic E-state index is -0.275. The number of ether oxygens (including phenoxy) is 2. The molecule has 5 nitrogen and oxygen atoms in total. The first-order valence-corrected chi connectivity index (χ1v) is 14.0. The summed E-state index contributed by atoms with van der Waals surface area (Å²) in [6, 6.07) is 25.0. The predicted molar refractivity (Wildman–Crippen MR) is 160 cm³/mol. The summed E-state index contributed by atoms with van der Waals surface area (Å²) in [5.41, 5.74) is 6.40. The Kier molecular flexibility index (Phi) is 7.76. The van der Waals surface area contributed by atoms with Crippen molar-refractivity contribution in [3.05, 3.63) is 130 Å². The minimum Gasteiger partial charge on any atom is -0.493 e. The van der Waals surface area contributed by atoms with E-state index in [-0.39, 0.29) is 23.5 Å². The summed E-state index contributed by atoms with van der Waals surface area (Å²) in [6.07, 6.45) is 2.51. The minimum absolute atomic E-state index is 0.0167. The van der Waals surface area contributed by atoms with Crippen LogP contribution in [0.2, 0.25) is 0 Å². The van der Waals surface area contributed by atoms with Crippen LogP contribution in [-0.4, -0.2) is 51.1 Å². The number of halogens is 2. The molecule has 0 saturated carbocycles. The number of nitrogens with zero attached hydrogens (tertiary/aromatic N) is 2. The highest BCUT2D eigenvalue weighted by molar-refractivity contribution is 6.16.